The highest BCUT2D eigenvalue weighted by Crippen LogP contribution is 2.23. The predicted molar refractivity (Wildman–Crippen MR) is 69.0 cm³/mol. The third kappa shape index (κ3) is 2.30. The minimum absolute atomic E-state index is 0.0308. The number of hydrogen-bond donors (Lipinski definition) is 3. The Morgan fingerprint density at radius 3 is 2.72 bits per heavy atom. The molecule has 2 aromatic rings. The van der Waals surface area contributed by atoms with Crippen LogP contribution in [0.25, 0.3) is 11.4 Å². The third-order valence-electron chi connectivity index (χ3n) is 2.77. The number of aromatic nitrogens is 2. The van der Waals surface area contributed by atoms with E-state index in [0.717, 1.165) is 16.5 Å². The summed E-state index contributed by atoms with van der Waals surface area (Å²) in [6.07, 6.45) is 0.639. The van der Waals surface area contributed by atoms with Crippen LogP contribution in [0.15, 0.2) is 33.3 Å². The Morgan fingerprint density at radius 1 is 1.28 bits per heavy atom. The standard InChI is InChI=1S/C11H12BrN5O/c12-7-3-1-6(2-4-7)10-14-11(18-17-10)8-5-9(13)16-15-8/h1-4,8-9,15-16H,5,13H2. The zero-order valence-electron chi connectivity index (χ0n) is 9.43. The van der Waals surface area contributed by atoms with Gasteiger partial charge in [-0.25, -0.2) is 10.9 Å². The molecule has 1 fully saturated rings. The summed E-state index contributed by atoms with van der Waals surface area (Å²) in [6, 6.07) is 7.72. The van der Waals surface area contributed by atoms with Gasteiger partial charge in [-0.1, -0.05) is 21.1 Å². The zero-order chi connectivity index (χ0) is 12.5. The monoisotopic (exact) mass is 309 g/mol. The Kier molecular flexibility index (Phi) is 3.13. The maximum atomic E-state index is 5.73. The molecule has 0 saturated carbocycles. The van der Waals surface area contributed by atoms with E-state index < -0.39 is 0 Å². The first-order valence-corrected chi connectivity index (χ1v) is 6.38. The number of rotatable bonds is 2. The smallest absolute Gasteiger partial charge is 0.245 e. The Balaban J connectivity index is 1.83. The molecule has 2 unspecified atom stereocenters. The Hall–Kier alpha value is -1.28. The second kappa shape index (κ2) is 4.77. The van der Waals surface area contributed by atoms with Crippen molar-refractivity contribution >= 4 is 15.9 Å². The van der Waals surface area contributed by atoms with Gasteiger partial charge >= 0.3 is 0 Å². The third-order valence-corrected chi connectivity index (χ3v) is 3.30. The highest BCUT2D eigenvalue weighted by Gasteiger charge is 2.27. The number of hydrazine groups is 1. The van der Waals surface area contributed by atoms with Crippen LogP contribution in [0.1, 0.15) is 18.4 Å². The molecule has 1 aromatic heterocycles. The number of hydrogen-bond acceptors (Lipinski definition) is 6. The molecule has 1 saturated heterocycles. The van der Waals surface area contributed by atoms with E-state index in [1.54, 1.807) is 0 Å². The Morgan fingerprint density at radius 2 is 2.06 bits per heavy atom. The summed E-state index contributed by atoms with van der Waals surface area (Å²) in [5.74, 6) is 1.13. The molecule has 2 heterocycles. The molecular weight excluding hydrogens is 298 g/mol. The molecule has 6 nitrogen and oxygen atoms in total. The average Bonchev–Trinajstić information content (AvgIpc) is 2.98. The first kappa shape index (κ1) is 11.8. The van der Waals surface area contributed by atoms with Crippen molar-refractivity contribution in [3.05, 3.63) is 34.6 Å². The number of benzene rings is 1. The molecule has 0 bridgehead atoms. The lowest BCUT2D eigenvalue weighted by atomic mass is 10.2. The molecule has 0 amide bonds. The van der Waals surface area contributed by atoms with Crippen LogP contribution in [-0.4, -0.2) is 16.3 Å². The minimum Gasteiger partial charge on any atom is -0.337 e. The van der Waals surface area contributed by atoms with Gasteiger partial charge < -0.3 is 10.3 Å². The quantitative estimate of drug-likeness (QED) is 0.775. The van der Waals surface area contributed by atoms with Crippen molar-refractivity contribution in [2.45, 2.75) is 18.6 Å². The lowest BCUT2D eigenvalue weighted by Crippen LogP contribution is -2.36. The molecule has 94 valence electrons. The lowest BCUT2D eigenvalue weighted by Gasteiger charge is -2.00. The van der Waals surface area contributed by atoms with Gasteiger partial charge in [0.25, 0.3) is 0 Å². The van der Waals surface area contributed by atoms with E-state index in [2.05, 4.69) is 36.9 Å². The fourth-order valence-corrected chi connectivity index (χ4v) is 2.10. The van der Waals surface area contributed by atoms with Gasteiger partial charge in [0.2, 0.25) is 11.7 Å². The number of nitrogens with zero attached hydrogens (tertiary/aromatic N) is 2. The second-order valence-electron chi connectivity index (χ2n) is 4.15. The normalized spacial score (nSPS) is 23.4. The Labute approximate surface area is 112 Å². The van der Waals surface area contributed by atoms with Gasteiger partial charge in [-0.05, 0) is 24.3 Å². The molecule has 0 spiro atoms. The Bertz CT molecular complexity index is 541. The van der Waals surface area contributed by atoms with E-state index in [-0.39, 0.29) is 12.2 Å². The van der Waals surface area contributed by atoms with Crippen molar-refractivity contribution in [2.24, 2.45) is 5.73 Å². The van der Waals surface area contributed by atoms with E-state index in [1.165, 1.54) is 0 Å². The van der Waals surface area contributed by atoms with Gasteiger partial charge in [-0.3, -0.25) is 0 Å². The number of halogens is 1. The largest absolute Gasteiger partial charge is 0.337 e. The maximum Gasteiger partial charge on any atom is 0.245 e. The van der Waals surface area contributed by atoms with Gasteiger partial charge in [0, 0.05) is 16.5 Å². The summed E-state index contributed by atoms with van der Waals surface area (Å²) in [6.45, 7) is 0. The first-order chi connectivity index (χ1) is 8.72. The molecule has 0 aliphatic carbocycles. The topological polar surface area (TPSA) is 89.0 Å². The van der Waals surface area contributed by atoms with E-state index in [0.29, 0.717) is 11.7 Å². The van der Waals surface area contributed by atoms with Crippen LogP contribution >= 0.6 is 15.9 Å². The van der Waals surface area contributed by atoms with Crippen molar-refractivity contribution < 1.29 is 4.52 Å². The zero-order valence-corrected chi connectivity index (χ0v) is 11.0. The van der Waals surface area contributed by atoms with Crippen LogP contribution in [0.4, 0.5) is 0 Å². The van der Waals surface area contributed by atoms with Crippen molar-refractivity contribution in [1.82, 2.24) is 21.0 Å². The van der Waals surface area contributed by atoms with Gasteiger partial charge in [-0.2, -0.15) is 4.98 Å². The van der Waals surface area contributed by atoms with Crippen molar-refractivity contribution in [3.8, 4) is 11.4 Å². The van der Waals surface area contributed by atoms with Crippen molar-refractivity contribution in [1.29, 1.82) is 0 Å². The van der Waals surface area contributed by atoms with Gasteiger partial charge in [0.1, 0.15) is 6.04 Å². The van der Waals surface area contributed by atoms with Crippen LogP contribution in [0, 0.1) is 0 Å². The van der Waals surface area contributed by atoms with Crippen LogP contribution in [0.3, 0.4) is 0 Å². The van der Waals surface area contributed by atoms with E-state index in [4.69, 9.17) is 10.3 Å². The summed E-state index contributed by atoms with van der Waals surface area (Å²) < 4.78 is 6.27. The van der Waals surface area contributed by atoms with Crippen LogP contribution in [-0.2, 0) is 0 Å². The fourth-order valence-electron chi connectivity index (χ4n) is 1.83. The first-order valence-electron chi connectivity index (χ1n) is 5.58. The van der Waals surface area contributed by atoms with Crippen molar-refractivity contribution in [2.75, 3.05) is 0 Å². The summed E-state index contributed by atoms with van der Waals surface area (Å²) in [5.41, 5.74) is 12.6. The van der Waals surface area contributed by atoms with E-state index in [1.807, 2.05) is 24.3 Å². The maximum absolute atomic E-state index is 5.73. The molecule has 1 aromatic carbocycles. The molecule has 1 aliphatic heterocycles. The van der Waals surface area contributed by atoms with Crippen LogP contribution in [0.5, 0.6) is 0 Å². The van der Waals surface area contributed by atoms with Crippen LogP contribution in [0.2, 0.25) is 0 Å². The average molecular weight is 310 g/mol. The summed E-state index contributed by atoms with van der Waals surface area (Å²) in [7, 11) is 0. The van der Waals surface area contributed by atoms with E-state index >= 15 is 0 Å². The number of nitrogens with one attached hydrogen (secondary N) is 2. The number of nitrogens with two attached hydrogens (primary N) is 1. The lowest BCUT2D eigenvalue weighted by molar-refractivity contribution is 0.340. The van der Waals surface area contributed by atoms with Gasteiger partial charge in [0.15, 0.2) is 0 Å². The highest BCUT2D eigenvalue weighted by molar-refractivity contribution is 9.10. The minimum atomic E-state index is -0.0852. The summed E-state index contributed by atoms with van der Waals surface area (Å²) in [5, 5.41) is 3.98. The summed E-state index contributed by atoms with van der Waals surface area (Å²) >= 11 is 3.39. The highest BCUT2D eigenvalue weighted by atomic mass is 79.9. The van der Waals surface area contributed by atoms with Crippen LogP contribution < -0.4 is 16.6 Å². The molecule has 4 N–H and O–H groups in total. The molecular formula is C11H12BrN5O. The molecule has 1 aliphatic rings. The molecule has 18 heavy (non-hydrogen) atoms. The second-order valence-corrected chi connectivity index (χ2v) is 5.06. The summed E-state index contributed by atoms with van der Waals surface area (Å²) in [4.78, 5) is 4.38. The van der Waals surface area contributed by atoms with E-state index in [9.17, 15) is 0 Å². The SMILES string of the molecule is NC1CC(c2nc(-c3ccc(Br)cc3)no2)NN1. The molecule has 3 rings (SSSR count). The van der Waals surface area contributed by atoms with Crippen molar-refractivity contribution in [3.63, 3.8) is 0 Å². The van der Waals surface area contributed by atoms with Gasteiger partial charge in [-0.15, -0.1) is 0 Å². The fraction of sp³-hybridized carbons (Fsp3) is 0.273. The van der Waals surface area contributed by atoms with Gasteiger partial charge in [0.05, 0.1) is 6.17 Å². The predicted octanol–water partition coefficient (Wildman–Crippen LogP) is 1.32. The molecule has 0 radical (unpaired) electrons. The molecule has 2 atom stereocenters. The molecule has 7 heteroatoms.